The zero-order valence-corrected chi connectivity index (χ0v) is 17.8. The van der Waals surface area contributed by atoms with Crippen LogP contribution in [0.1, 0.15) is 46.6 Å². The minimum atomic E-state index is -0.433. The van der Waals surface area contributed by atoms with Gasteiger partial charge >= 0.3 is 0 Å². The summed E-state index contributed by atoms with van der Waals surface area (Å²) in [5, 5.41) is 10.7. The second kappa shape index (κ2) is 18.9. The average molecular weight is 389 g/mol. The molecule has 0 amide bonds. The molecule has 0 unspecified atom stereocenters. The van der Waals surface area contributed by atoms with Crippen molar-refractivity contribution < 1.29 is 14.4 Å². The highest BCUT2D eigenvalue weighted by molar-refractivity contribution is 5.44. The van der Waals surface area contributed by atoms with E-state index < -0.39 is 4.92 Å². The van der Waals surface area contributed by atoms with Crippen LogP contribution < -0.4 is 4.74 Å². The van der Waals surface area contributed by atoms with Crippen molar-refractivity contribution in [3.63, 3.8) is 0 Å². The minimum absolute atomic E-state index is 0.0496. The molecule has 154 valence electrons. The molecule has 0 aliphatic heterocycles. The summed E-state index contributed by atoms with van der Waals surface area (Å²) in [5.74, 6) is 6.38. The minimum Gasteiger partial charge on any atom is -0.488 e. The van der Waals surface area contributed by atoms with E-state index in [2.05, 4.69) is 23.4 Å². The molecule has 0 aliphatic carbocycles. The number of aromatic nitrogens is 1. The van der Waals surface area contributed by atoms with Gasteiger partial charge in [0.1, 0.15) is 19.0 Å². The molecule has 0 aliphatic rings. The summed E-state index contributed by atoms with van der Waals surface area (Å²) in [6, 6.07) is 1.73. The molecule has 0 atom stereocenters. The van der Waals surface area contributed by atoms with Crippen LogP contribution in [0.3, 0.4) is 0 Å². The normalized spacial score (nSPS) is 9.86. The lowest BCUT2D eigenvalue weighted by molar-refractivity contribution is -0.419. The van der Waals surface area contributed by atoms with Gasteiger partial charge in [0.05, 0.1) is 10.5 Å². The molecule has 0 fully saturated rings. The Morgan fingerprint density at radius 1 is 1.36 bits per heavy atom. The lowest BCUT2D eigenvalue weighted by Crippen LogP contribution is -2.02. The van der Waals surface area contributed by atoms with Crippen molar-refractivity contribution in [2.75, 3.05) is 20.3 Å². The van der Waals surface area contributed by atoms with Crippen LogP contribution in [0.25, 0.3) is 0 Å². The number of methoxy groups -OCH3 is 1. The Hall–Kier alpha value is -2.91. The molecule has 28 heavy (non-hydrogen) atoms. The van der Waals surface area contributed by atoms with Crippen molar-refractivity contribution in [2.24, 2.45) is 0 Å². The second-order valence-electron chi connectivity index (χ2n) is 4.72. The molecule has 0 bridgehead atoms. The van der Waals surface area contributed by atoms with Gasteiger partial charge < -0.3 is 9.47 Å². The molecule has 0 saturated heterocycles. The number of nitrogens with zero attached hydrogens (tertiary/aromatic N) is 2. The number of rotatable bonds is 8. The van der Waals surface area contributed by atoms with Crippen LogP contribution in [-0.4, -0.2) is 30.2 Å². The topological polar surface area (TPSA) is 74.5 Å². The number of pyridine rings is 1. The summed E-state index contributed by atoms with van der Waals surface area (Å²) in [4.78, 5) is 14.3. The first-order valence-corrected chi connectivity index (χ1v) is 9.27. The Morgan fingerprint density at radius 3 is 2.61 bits per heavy atom. The van der Waals surface area contributed by atoms with Crippen LogP contribution in [0.15, 0.2) is 54.5 Å². The third kappa shape index (κ3) is 12.4. The largest absolute Gasteiger partial charge is 0.488 e. The van der Waals surface area contributed by atoms with Crippen molar-refractivity contribution >= 4 is 0 Å². The van der Waals surface area contributed by atoms with Crippen LogP contribution in [0.2, 0.25) is 0 Å². The molecule has 1 rings (SSSR count). The van der Waals surface area contributed by atoms with E-state index in [9.17, 15) is 10.1 Å². The van der Waals surface area contributed by atoms with Gasteiger partial charge in [-0.1, -0.05) is 52.2 Å². The first-order valence-electron chi connectivity index (χ1n) is 9.27. The zero-order chi connectivity index (χ0) is 21.8. The van der Waals surface area contributed by atoms with Gasteiger partial charge in [0, 0.05) is 25.6 Å². The summed E-state index contributed by atoms with van der Waals surface area (Å²) in [5.41, 5.74) is 1.51. The van der Waals surface area contributed by atoms with Gasteiger partial charge in [-0.2, -0.15) is 0 Å². The Labute approximate surface area is 169 Å². The third-order valence-electron chi connectivity index (χ3n) is 2.85. The number of ether oxygens (including phenoxy) is 2. The van der Waals surface area contributed by atoms with Crippen LogP contribution >= 0.6 is 0 Å². The highest BCUT2D eigenvalue weighted by atomic mass is 16.6. The standard InChI is InChI=1S/C18H20N2O4.2C2H6/c1-4-17(20(21)22)9-5-7-15(2)14-24-18-10-11-19-13-16(18)8-6-12-23-3;2*1-2/h4-5,9-11,13H,2,7,12,14H2,1,3H3;2*1-2H3/b9-5?,17-4+;;. The van der Waals surface area contributed by atoms with E-state index in [0.717, 1.165) is 5.57 Å². The highest BCUT2D eigenvalue weighted by Crippen LogP contribution is 2.16. The van der Waals surface area contributed by atoms with Gasteiger partial charge in [-0.25, -0.2) is 0 Å². The Balaban J connectivity index is 0. The van der Waals surface area contributed by atoms with E-state index in [4.69, 9.17) is 9.47 Å². The SMILES string of the molecule is C=C(CC=C/C(=C\C)[N+](=O)[O-])COc1ccncc1C#CCOC.CC.CC. The molecule has 0 radical (unpaired) electrons. The van der Waals surface area contributed by atoms with Crippen LogP contribution in [0.5, 0.6) is 5.75 Å². The molecule has 0 aromatic carbocycles. The van der Waals surface area contributed by atoms with Crippen molar-refractivity contribution in [1.82, 2.24) is 4.98 Å². The molecular formula is C22H32N2O4. The van der Waals surface area contributed by atoms with E-state index in [1.807, 2.05) is 27.7 Å². The lowest BCUT2D eigenvalue weighted by atomic mass is 10.2. The van der Waals surface area contributed by atoms with Gasteiger partial charge in [0.2, 0.25) is 0 Å². The smallest absolute Gasteiger partial charge is 0.264 e. The van der Waals surface area contributed by atoms with E-state index in [-0.39, 0.29) is 12.3 Å². The fourth-order valence-corrected chi connectivity index (χ4v) is 1.65. The Kier molecular flexibility index (Phi) is 18.4. The van der Waals surface area contributed by atoms with Gasteiger partial charge in [-0.15, -0.1) is 0 Å². The predicted molar refractivity (Wildman–Crippen MR) is 115 cm³/mol. The Morgan fingerprint density at radius 2 is 2.04 bits per heavy atom. The predicted octanol–water partition coefficient (Wildman–Crippen LogP) is 5.19. The molecule has 1 aromatic rings. The van der Waals surface area contributed by atoms with E-state index in [1.165, 1.54) is 12.2 Å². The van der Waals surface area contributed by atoms with E-state index >= 15 is 0 Å². The van der Waals surface area contributed by atoms with Crippen molar-refractivity contribution in [3.05, 3.63) is 70.2 Å². The Bertz CT molecular complexity index is 698. The monoisotopic (exact) mass is 388 g/mol. The molecule has 6 nitrogen and oxygen atoms in total. The first kappa shape index (κ1) is 27.3. The number of nitro groups is 1. The quantitative estimate of drug-likeness (QED) is 0.201. The molecule has 1 aromatic heterocycles. The van der Waals surface area contributed by atoms with Crippen molar-refractivity contribution in [2.45, 2.75) is 41.0 Å². The number of allylic oxidation sites excluding steroid dienone is 3. The number of hydrogen-bond acceptors (Lipinski definition) is 5. The van der Waals surface area contributed by atoms with Crippen molar-refractivity contribution in [3.8, 4) is 17.6 Å². The average Bonchev–Trinajstić information content (AvgIpc) is 2.73. The molecule has 1 heterocycles. The summed E-state index contributed by atoms with van der Waals surface area (Å²) < 4.78 is 10.6. The zero-order valence-electron chi connectivity index (χ0n) is 17.8. The molecular weight excluding hydrogens is 356 g/mol. The van der Waals surface area contributed by atoms with Crippen LogP contribution in [0, 0.1) is 22.0 Å². The van der Waals surface area contributed by atoms with Crippen LogP contribution in [0.4, 0.5) is 0 Å². The second-order valence-corrected chi connectivity index (χ2v) is 4.72. The van der Waals surface area contributed by atoms with Gasteiger partial charge in [-0.3, -0.25) is 15.1 Å². The summed E-state index contributed by atoms with van der Waals surface area (Å²) >= 11 is 0. The number of hydrogen-bond donors (Lipinski definition) is 0. The maximum Gasteiger partial charge on any atom is 0.264 e. The first-order chi connectivity index (χ1) is 13.6. The highest BCUT2D eigenvalue weighted by Gasteiger charge is 2.04. The third-order valence-corrected chi connectivity index (χ3v) is 2.85. The fraction of sp³-hybridized carbons (Fsp3) is 0.409. The van der Waals surface area contributed by atoms with Crippen molar-refractivity contribution in [1.29, 1.82) is 0 Å². The molecule has 0 N–H and O–H groups in total. The molecule has 6 heteroatoms. The maximum atomic E-state index is 10.7. The van der Waals surface area contributed by atoms with Crippen LogP contribution in [-0.2, 0) is 4.74 Å². The lowest BCUT2D eigenvalue weighted by Gasteiger charge is -2.08. The van der Waals surface area contributed by atoms with E-state index in [0.29, 0.717) is 24.3 Å². The maximum absolute atomic E-state index is 10.7. The van der Waals surface area contributed by atoms with Gasteiger partial charge in [0.25, 0.3) is 5.70 Å². The summed E-state index contributed by atoms with van der Waals surface area (Å²) in [7, 11) is 1.57. The molecule has 0 saturated carbocycles. The summed E-state index contributed by atoms with van der Waals surface area (Å²) in [6.07, 6.45) is 8.32. The fourth-order valence-electron chi connectivity index (χ4n) is 1.65. The molecule has 0 spiro atoms. The van der Waals surface area contributed by atoms with Gasteiger partial charge in [-0.05, 0) is 31.1 Å². The van der Waals surface area contributed by atoms with Gasteiger partial charge in [0.15, 0.2) is 0 Å². The summed E-state index contributed by atoms with van der Waals surface area (Å²) in [6.45, 7) is 14.1. The van der Waals surface area contributed by atoms with E-state index in [1.54, 1.807) is 38.6 Å².